The van der Waals surface area contributed by atoms with Crippen molar-refractivity contribution < 1.29 is 13.9 Å². The summed E-state index contributed by atoms with van der Waals surface area (Å²) in [5, 5.41) is 3.55. The van der Waals surface area contributed by atoms with E-state index in [9.17, 15) is 4.79 Å². The Labute approximate surface area is 113 Å². The number of hydrogen-bond acceptors (Lipinski definition) is 4. The minimum absolute atomic E-state index is 0.193. The highest BCUT2D eigenvalue weighted by Crippen LogP contribution is 2.29. The van der Waals surface area contributed by atoms with Crippen LogP contribution in [0.4, 0.5) is 0 Å². The maximum absolute atomic E-state index is 11.4. The fourth-order valence-corrected chi connectivity index (χ4v) is 2.44. The molecule has 0 radical (unpaired) electrons. The van der Waals surface area contributed by atoms with E-state index in [0.717, 1.165) is 12.8 Å². The lowest BCUT2D eigenvalue weighted by atomic mass is 9.87. The van der Waals surface area contributed by atoms with Gasteiger partial charge in [0.1, 0.15) is 0 Å². The normalized spacial score (nSPS) is 27.6. The van der Waals surface area contributed by atoms with Gasteiger partial charge in [0.05, 0.1) is 19.1 Å². The summed E-state index contributed by atoms with van der Waals surface area (Å²) in [6.07, 6.45) is 9.12. The van der Waals surface area contributed by atoms with Crippen molar-refractivity contribution in [1.29, 1.82) is 0 Å². The van der Waals surface area contributed by atoms with Gasteiger partial charge in [0.25, 0.3) is 0 Å². The Morgan fingerprint density at radius 2 is 2.42 bits per heavy atom. The molecule has 4 heteroatoms. The SMILES string of the molecule is CCOC(=O)/C=C/[C@@H]1N[C@H](c2ccoc2)CC[C@H]1C. The van der Waals surface area contributed by atoms with E-state index in [2.05, 4.69) is 12.2 Å². The molecule has 19 heavy (non-hydrogen) atoms. The van der Waals surface area contributed by atoms with Crippen LogP contribution in [0, 0.1) is 5.92 Å². The molecule has 0 saturated carbocycles. The second kappa shape index (κ2) is 6.57. The van der Waals surface area contributed by atoms with Crippen molar-refractivity contribution in [2.45, 2.75) is 38.8 Å². The van der Waals surface area contributed by atoms with Crippen molar-refractivity contribution in [3.63, 3.8) is 0 Å². The quantitative estimate of drug-likeness (QED) is 0.670. The van der Waals surface area contributed by atoms with Crippen LogP contribution in [0.3, 0.4) is 0 Å². The third kappa shape index (κ3) is 3.70. The molecule has 0 unspecified atom stereocenters. The highest BCUT2D eigenvalue weighted by Gasteiger charge is 2.26. The van der Waals surface area contributed by atoms with Gasteiger partial charge in [0, 0.05) is 23.7 Å². The monoisotopic (exact) mass is 263 g/mol. The Hall–Kier alpha value is -1.55. The summed E-state index contributed by atoms with van der Waals surface area (Å²) in [6, 6.07) is 2.48. The van der Waals surface area contributed by atoms with Gasteiger partial charge in [0.2, 0.25) is 0 Å². The molecule has 0 aromatic carbocycles. The molecule has 0 amide bonds. The summed E-state index contributed by atoms with van der Waals surface area (Å²) < 4.78 is 10.0. The zero-order valence-electron chi connectivity index (χ0n) is 11.5. The largest absolute Gasteiger partial charge is 0.472 e. The van der Waals surface area contributed by atoms with Crippen LogP contribution in [0.5, 0.6) is 0 Å². The summed E-state index contributed by atoms with van der Waals surface area (Å²) in [4.78, 5) is 11.4. The fraction of sp³-hybridized carbons (Fsp3) is 0.533. The summed E-state index contributed by atoms with van der Waals surface area (Å²) in [5.74, 6) is 0.232. The maximum atomic E-state index is 11.4. The van der Waals surface area contributed by atoms with Gasteiger partial charge in [-0.1, -0.05) is 13.0 Å². The molecular weight excluding hydrogens is 242 g/mol. The van der Waals surface area contributed by atoms with Crippen LogP contribution in [0.25, 0.3) is 0 Å². The first-order valence-electron chi connectivity index (χ1n) is 6.83. The minimum Gasteiger partial charge on any atom is -0.472 e. The average Bonchev–Trinajstić information content (AvgIpc) is 2.92. The van der Waals surface area contributed by atoms with Gasteiger partial charge in [-0.15, -0.1) is 0 Å². The van der Waals surface area contributed by atoms with Crippen LogP contribution in [0.1, 0.15) is 38.3 Å². The Morgan fingerprint density at radius 1 is 1.58 bits per heavy atom. The molecule has 104 valence electrons. The predicted molar refractivity (Wildman–Crippen MR) is 72.5 cm³/mol. The van der Waals surface area contributed by atoms with Crippen molar-refractivity contribution in [3.05, 3.63) is 36.3 Å². The first-order valence-corrected chi connectivity index (χ1v) is 6.83. The summed E-state index contributed by atoms with van der Waals surface area (Å²) in [7, 11) is 0. The van der Waals surface area contributed by atoms with Gasteiger partial charge < -0.3 is 14.5 Å². The van der Waals surface area contributed by atoms with Gasteiger partial charge in [-0.05, 0) is 31.7 Å². The van der Waals surface area contributed by atoms with Crippen molar-refractivity contribution in [1.82, 2.24) is 5.32 Å². The molecule has 1 N–H and O–H groups in total. The van der Waals surface area contributed by atoms with E-state index in [1.807, 2.05) is 19.1 Å². The maximum Gasteiger partial charge on any atom is 0.330 e. The van der Waals surface area contributed by atoms with E-state index < -0.39 is 0 Å². The van der Waals surface area contributed by atoms with E-state index in [4.69, 9.17) is 9.15 Å². The number of ether oxygens (including phenoxy) is 1. The van der Waals surface area contributed by atoms with Crippen LogP contribution >= 0.6 is 0 Å². The van der Waals surface area contributed by atoms with Gasteiger partial charge in [-0.3, -0.25) is 0 Å². The number of nitrogens with one attached hydrogen (secondary N) is 1. The second-order valence-electron chi connectivity index (χ2n) is 4.97. The molecule has 2 rings (SSSR count). The summed E-state index contributed by atoms with van der Waals surface area (Å²) in [6.45, 7) is 4.41. The first kappa shape index (κ1) is 13.9. The number of rotatable bonds is 4. The lowest BCUT2D eigenvalue weighted by Gasteiger charge is -2.33. The molecule has 0 spiro atoms. The Balaban J connectivity index is 1.97. The standard InChI is InChI=1S/C15H21NO3/c1-3-19-15(17)7-6-13-11(2)4-5-14(16-13)12-8-9-18-10-12/h6-11,13-14,16H,3-5H2,1-2H3/b7-6+/t11-,13+,14+/m1/s1. The molecule has 1 aromatic rings. The average molecular weight is 263 g/mol. The van der Waals surface area contributed by atoms with Crippen LogP contribution in [0.2, 0.25) is 0 Å². The third-order valence-electron chi connectivity index (χ3n) is 3.59. The van der Waals surface area contributed by atoms with Crippen LogP contribution in [0.15, 0.2) is 35.2 Å². The molecule has 1 aliphatic rings. The van der Waals surface area contributed by atoms with E-state index in [0.29, 0.717) is 18.6 Å². The predicted octanol–water partition coefficient (Wildman–Crippen LogP) is 2.83. The van der Waals surface area contributed by atoms with Crippen molar-refractivity contribution >= 4 is 5.97 Å². The van der Waals surface area contributed by atoms with Gasteiger partial charge in [-0.2, -0.15) is 0 Å². The van der Waals surface area contributed by atoms with E-state index in [-0.39, 0.29) is 12.0 Å². The van der Waals surface area contributed by atoms with Crippen molar-refractivity contribution in [2.75, 3.05) is 6.61 Å². The van der Waals surface area contributed by atoms with Crippen LogP contribution < -0.4 is 5.32 Å². The summed E-state index contributed by atoms with van der Waals surface area (Å²) in [5.41, 5.74) is 1.17. The first-order chi connectivity index (χ1) is 9.20. The number of carbonyl (C=O) groups is 1. The van der Waals surface area contributed by atoms with Gasteiger partial charge in [0.15, 0.2) is 0 Å². The van der Waals surface area contributed by atoms with E-state index in [1.54, 1.807) is 12.5 Å². The Kier molecular flexibility index (Phi) is 4.80. The number of hydrogen-bond donors (Lipinski definition) is 1. The second-order valence-corrected chi connectivity index (χ2v) is 4.97. The molecule has 0 aliphatic carbocycles. The van der Waals surface area contributed by atoms with Crippen LogP contribution in [-0.4, -0.2) is 18.6 Å². The topological polar surface area (TPSA) is 51.5 Å². The highest BCUT2D eigenvalue weighted by molar-refractivity contribution is 5.82. The van der Waals surface area contributed by atoms with Crippen molar-refractivity contribution in [3.8, 4) is 0 Å². The van der Waals surface area contributed by atoms with Crippen LogP contribution in [-0.2, 0) is 9.53 Å². The highest BCUT2D eigenvalue weighted by atomic mass is 16.5. The molecule has 2 heterocycles. The number of furan rings is 1. The van der Waals surface area contributed by atoms with E-state index in [1.165, 1.54) is 11.6 Å². The molecule has 1 fully saturated rings. The van der Waals surface area contributed by atoms with Gasteiger partial charge in [-0.25, -0.2) is 4.79 Å². The lowest BCUT2D eigenvalue weighted by molar-refractivity contribution is -0.137. The molecule has 3 atom stereocenters. The fourth-order valence-electron chi connectivity index (χ4n) is 2.44. The van der Waals surface area contributed by atoms with Crippen molar-refractivity contribution in [2.24, 2.45) is 5.92 Å². The lowest BCUT2D eigenvalue weighted by Crippen LogP contribution is -2.40. The smallest absolute Gasteiger partial charge is 0.330 e. The molecule has 0 bridgehead atoms. The number of esters is 1. The van der Waals surface area contributed by atoms with Gasteiger partial charge >= 0.3 is 5.97 Å². The minimum atomic E-state index is -0.276. The molecule has 1 aliphatic heterocycles. The summed E-state index contributed by atoms with van der Waals surface area (Å²) >= 11 is 0. The Bertz CT molecular complexity index is 425. The number of piperidine rings is 1. The molecule has 4 nitrogen and oxygen atoms in total. The Morgan fingerprint density at radius 3 is 3.11 bits per heavy atom. The van der Waals surface area contributed by atoms with E-state index >= 15 is 0 Å². The zero-order chi connectivity index (χ0) is 13.7. The molecule has 1 aromatic heterocycles. The number of carbonyl (C=O) groups excluding carboxylic acids is 1. The molecule has 1 saturated heterocycles. The third-order valence-corrected chi connectivity index (χ3v) is 3.59. The zero-order valence-corrected chi connectivity index (χ0v) is 11.5. The molecular formula is C15H21NO3.